The van der Waals surface area contributed by atoms with E-state index in [1.165, 1.54) is 0 Å². The molecule has 0 bridgehead atoms. The standard InChI is InChI=1S/C19H19NO4/c21-18(20-13-6-5-11-24-12-13)16-9-3-1-7-14(16)15-8-2-4-10-17(15)19(22)23/h1-4,7-10,13H,5-6,11-12H2,(H,20,21)(H,22,23)/t13-/m1/s1. The fraction of sp³-hybridized carbons (Fsp3) is 0.263. The van der Waals surface area contributed by atoms with E-state index in [1.54, 1.807) is 48.5 Å². The van der Waals surface area contributed by atoms with Gasteiger partial charge >= 0.3 is 5.97 Å². The Balaban J connectivity index is 1.93. The Bertz CT molecular complexity index is 751. The Morgan fingerprint density at radius 2 is 1.62 bits per heavy atom. The minimum absolute atomic E-state index is 0.00553. The summed E-state index contributed by atoms with van der Waals surface area (Å²) in [6.07, 6.45) is 1.81. The number of ether oxygens (including phenoxy) is 1. The summed E-state index contributed by atoms with van der Waals surface area (Å²) < 4.78 is 5.39. The zero-order valence-corrected chi connectivity index (χ0v) is 13.2. The van der Waals surface area contributed by atoms with E-state index < -0.39 is 5.97 Å². The van der Waals surface area contributed by atoms with E-state index in [0.29, 0.717) is 23.3 Å². The first-order chi connectivity index (χ1) is 11.7. The van der Waals surface area contributed by atoms with Crippen LogP contribution in [-0.4, -0.2) is 36.2 Å². The number of carboxylic acid groups (broad SMARTS) is 1. The molecule has 2 aromatic rings. The third-order valence-corrected chi connectivity index (χ3v) is 4.11. The van der Waals surface area contributed by atoms with Gasteiger partial charge in [0.15, 0.2) is 0 Å². The van der Waals surface area contributed by atoms with E-state index in [4.69, 9.17) is 4.74 Å². The Hall–Kier alpha value is -2.66. The van der Waals surface area contributed by atoms with Crippen molar-refractivity contribution in [1.29, 1.82) is 0 Å². The summed E-state index contributed by atoms with van der Waals surface area (Å²) in [5, 5.41) is 12.4. The van der Waals surface area contributed by atoms with Crippen molar-refractivity contribution in [2.24, 2.45) is 0 Å². The maximum atomic E-state index is 12.7. The molecule has 24 heavy (non-hydrogen) atoms. The lowest BCUT2D eigenvalue weighted by molar-refractivity contribution is 0.0624. The SMILES string of the molecule is O=C(O)c1ccccc1-c1ccccc1C(=O)N[C@@H]1CCCOC1. The van der Waals surface area contributed by atoms with Crippen LogP contribution in [0.1, 0.15) is 33.6 Å². The predicted octanol–water partition coefficient (Wildman–Crippen LogP) is 2.96. The van der Waals surface area contributed by atoms with Gasteiger partial charge in [0.2, 0.25) is 0 Å². The van der Waals surface area contributed by atoms with Crippen LogP contribution in [0.4, 0.5) is 0 Å². The minimum atomic E-state index is -1.01. The van der Waals surface area contributed by atoms with E-state index in [0.717, 1.165) is 19.4 Å². The van der Waals surface area contributed by atoms with E-state index in [-0.39, 0.29) is 17.5 Å². The van der Waals surface area contributed by atoms with Crippen LogP contribution < -0.4 is 5.32 Å². The van der Waals surface area contributed by atoms with Crippen molar-refractivity contribution in [2.75, 3.05) is 13.2 Å². The van der Waals surface area contributed by atoms with Gasteiger partial charge in [-0.25, -0.2) is 4.79 Å². The van der Waals surface area contributed by atoms with Gasteiger partial charge in [0.05, 0.1) is 18.2 Å². The fourth-order valence-electron chi connectivity index (χ4n) is 2.94. The van der Waals surface area contributed by atoms with Gasteiger partial charge in [0.1, 0.15) is 0 Å². The van der Waals surface area contributed by atoms with E-state index >= 15 is 0 Å². The van der Waals surface area contributed by atoms with Crippen LogP contribution in [0.5, 0.6) is 0 Å². The molecule has 5 heteroatoms. The van der Waals surface area contributed by atoms with Gasteiger partial charge in [-0.2, -0.15) is 0 Å². The third kappa shape index (κ3) is 3.46. The first-order valence-electron chi connectivity index (χ1n) is 7.97. The quantitative estimate of drug-likeness (QED) is 0.906. The summed E-state index contributed by atoms with van der Waals surface area (Å²) >= 11 is 0. The Kier molecular flexibility index (Phi) is 4.91. The van der Waals surface area contributed by atoms with E-state index in [9.17, 15) is 14.7 Å². The number of aromatic carboxylic acids is 1. The van der Waals surface area contributed by atoms with Crippen LogP contribution in [0.25, 0.3) is 11.1 Å². The second-order valence-corrected chi connectivity index (χ2v) is 5.78. The van der Waals surface area contributed by atoms with Crippen molar-refractivity contribution in [3.8, 4) is 11.1 Å². The number of nitrogens with one attached hydrogen (secondary N) is 1. The summed E-state index contributed by atoms with van der Waals surface area (Å²) in [6, 6.07) is 13.8. The first kappa shape index (κ1) is 16.2. The Morgan fingerprint density at radius 1 is 1.00 bits per heavy atom. The number of hydrogen-bond acceptors (Lipinski definition) is 3. The summed E-state index contributed by atoms with van der Waals surface area (Å²) in [4.78, 5) is 24.2. The first-order valence-corrected chi connectivity index (χ1v) is 7.97. The van der Waals surface area contributed by atoms with Crippen LogP contribution in [-0.2, 0) is 4.74 Å². The summed E-state index contributed by atoms with van der Waals surface area (Å²) in [5.74, 6) is -1.22. The molecule has 0 aliphatic carbocycles. The fourth-order valence-corrected chi connectivity index (χ4v) is 2.94. The van der Waals surface area contributed by atoms with Crippen LogP contribution >= 0.6 is 0 Å². The van der Waals surface area contributed by atoms with E-state index in [1.807, 2.05) is 0 Å². The average molecular weight is 325 g/mol. The van der Waals surface area contributed by atoms with Gasteiger partial charge < -0.3 is 15.2 Å². The molecular formula is C19H19NO4. The topological polar surface area (TPSA) is 75.6 Å². The van der Waals surface area contributed by atoms with Gasteiger partial charge in [-0.15, -0.1) is 0 Å². The van der Waals surface area contributed by atoms with Crippen molar-refractivity contribution in [1.82, 2.24) is 5.32 Å². The molecule has 3 rings (SSSR count). The lowest BCUT2D eigenvalue weighted by atomic mass is 9.94. The van der Waals surface area contributed by atoms with Crippen molar-refractivity contribution in [3.63, 3.8) is 0 Å². The van der Waals surface area contributed by atoms with Gasteiger partial charge in [0, 0.05) is 12.2 Å². The molecule has 2 aromatic carbocycles. The van der Waals surface area contributed by atoms with Crippen LogP contribution in [0.3, 0.4) is 0 Å². The molecule has 2 N–H and O–H groups in total. The van der Waals surface area contributed by atoms with Crippen molar-refractivity contribution in [3.05, 3.63) is 59.7 Å². The molecular weight excluding hydrogens is 306 g/mol. The summed E-state index contributed by atoms with van der Waals surface area (Å²) in [6.45, 7) is 1.24. The van der Waals surface area contributed by atoms with Gasteiger partial charge in [-0.1, -0.05) is 36.4 Å². The van der Waals surface area contributed by atoms with Crippen molar-refractivity contribution >= 4 is 11.9 Å². The molecule has 1 aliphatic rings. The molecule has 1 saturated heterocycles. The molecule has 1 heterocycles. The van der Waals surface area contributed by atoms with Crippen LogP contribution in [0, 0.1) is 0 Å². The van der Waals surface area contributed by atoms with Crippen LogP contribution in [0.15, 0.2) is 48.5 Å². The van der Waals surface area contributed by atoms with Crippen LogP contribution in [0.2, 0.25) is 0 Å². The molecule has 1 amide bonds. The van der Waals surface area contributed by atoms with Crippen molar-refractivity contribution in [2.45, 2.75) is 18.9 Å². The number of carboxylic acids is 1. The zero-order valence-electron chi connectivity index (χ0n) is 13.2. The Labute approximate surface area is 140 Å². The highest BCUT2D eigenvalue weighted by atomic mass is 16.5. The second kappa shape index (κ2) is 7.27. The summed E-state index contributed by atoms with van der Waals surface area (Å²) in [5.41, 5.74) is 1.80. The maximum Gasteiger partial charge on any atom is 0.336 e. The molecule has 0 unspecified atom stereocenters. The number of carbonyl (C=O) groups excluding carboxylic acids is 1. The number of benzene rings is 2. The molecule has 5 nitrogen and oxygen atoms in total. The number of hydrogen-bond donors (Lipinski definition) is 2. The lowest BCUT2D eigenvalue weighted by Crippen LogP contribution is -2.40. The monoisotopic (exact) mass is 325 g/mol. The third-order valence-electron chi connectivity index (χ3n) is 4.11. The Morgan fingerprint density at radius 3 is 2.25 bits per heavy atom. The highest BCUT2D eigenvalue weighted by Crippen LogP contribution is 2.27. The molecule has 1 aliphatic heterocycles. The lowest BCUT2D eigenvalue weighted by Gasteiger charge is -2.23. The highest BCUT2D eigenvalue weighted by Gasteiger charge is 2.21. The predicted molar refractivity (Wildman–Crippen MR) is 90.1 cm³/mol. The van der Waals surface area contributed by atoms with Crippen molar-refractivity contribution < 1.29 is 19.4 Å². The maximum absolute atomic E-state index is 12.7. The number of carbonyl (C=O) groups is 2. The zero-order chi connectivity index (χ0) is 16.9. The van der Waals surface area contributed by atoms with Gasteiger partial charge in [-0.05, 0) is 36.1 Å². The number of rotatable bonds is 4. The molecule has 0 radical (unpaired) electrons. The number of amides is 1. The molecule has 1 fully saturated rings. The molecule has 0 spiro atoms. The largest absolute Gasteiger partial charge is 0.478 e. The summed E-state index contributed by atoms with van der Waals surface area (Å²) in [7, 11) is 0. The average Bonchev–Trinajstić information content (AvgIpc) is 2.62. The van der Waals surface area contributed by atoms with E-state index in [2.05, 4.69) is 5.32 Å². The molecule has 0 aromatic heterocycles. The normalized spacial score (nSPS) is 17.2. The van der Waals surface area contributed by atoms with Gasteiger partial charge in [-0.3, -0.25) is 4.79 Å². The minimum Gasteiger partial charge on any atom is -0.478 e. The second-order valence-electron chi connectivity index (χ2n) is 5.78. The molecule has 124 valence electrons. The van der Waals surface area contributed by atoms with Gasteiger partial charge in [0.25, 0.3) is 5.91 Å². The highest BCUT2D eigenvalue weighted by molar-refractivity contribution is 6.04. The molecule has 0 saturated carbocycles. The smallest absolute Gasteiger partial charge is 0.336 e. The molecule has 1 atom stereocenters.